The van der Waals surface area contributed by atoms with Crippen LogP contribution in [-0.4, -0.2) is 50.1 Å². The fourth-order valence-electron chi connectivity index (χ4n) is 3.36. The lowest BCUT2D eigenvalue weighted by molar-refractivity contribution is 0.212. The molecular formula is C10H20N2. The van der Waals surface area contributed by atoms with Crippen molar-refractivity contribution in [1.29, 1.82) is 0 Å². The highest BCUT2D eigenvalue weighted by molar-refractivity contribution is 5.08. The molecule has 0 aliphatic carbocycles. The van der Waals surface area contributed by atoms with E-state index in [-0.39, 0.29) is 0 Å². The summed E-state index contributed by atoms with van der Waals surface area (Å²) in [5.41, 5.74) is 1.08. The summed E-state index contributed by atoms with van der Waals surface area (Å²) in [5, 5.41) is 0. The smallest absolute Gasteiger partial charge is 0.00510 e. The SMILES string of the molecule is CN1C[C@]2(C)CN(C)C[C@]2(C)C1. The van der Waals surface area contributed by atoms with E-state index in [1.165, 1.54) is 26.2 Å². The number of fused-ring (bicyclic) bond motifs is 1. The van der Waals surface area contributed by atoms with Crippen LogP contribution >= 0.6 is 0 Å². The second-order valence-electron chi connectivity index (χ2n) is 5.47. The lowest BCUT2D eigenvalue weighted by Crippen LogP contribution is -2.34. The fourth-order valence-corrected chi connectivity index (χ4v) is 3.36. The molecule has 70 valence electrons. The topological polar surface area (TPSA) is 6.48 Å². The fraction of sp³-hybridized carbons (Fsp3) is 1.00. The second-order valence-corrected chi connectivity index (χ2v) is 5.47. The normalized spacial score (nSPS) is 50.0. The lowest BCUT2D eigenvalue weighted by atomic mass is 9.71. The zero-order valence-electron chi connectivity index (χ0n) is 8.72. The third-order valence-corrected chi connectivity index (χ3v) is 3.93. The van der Waals surface area contributed by atoms with E-state index in [0.29, 0.717) is 10.8 Å². The summed E-state index contributed by atoms with van der Waals surface area (Å²) in [6.45, 7) is 9.98. The van der Waals surface area contributed by atoms with Crippen molar-refractivity contribution in [3.05, 3.63) is 0 Å². The Labute approximate surface area is 75.5 Å². The third-order valence-electron chi connectivity index (χ3n) is 3.93. The molecule has 2 heteroatoms. The van der Waals surface area contributed by atoms with Crippen molar-refractivity contribution in [3.63, 3.8) is 0 Å². The number of nitrogens with zero attached hydrogens (tertiary/aromatic N) is 2. The summed E-state index contributed by atoms with van der Waals surface area (Å²) < 4.78 is 0. The van der Waals surface area contributed by atoms with E-state index in [1.807, 2.05) is 0 Å². The summed E-state index contributed by atoms with van der Waals surface area (Å²) in [6.07, 6.45) is 0. The maximum atomic E-state index is 2.48. The van der Waals surface area contributed by atoms with Gasteiger partial charge in [0.05, 0.1) is 0 Å². The van der Waals surface area contributed by atoms with E-state index in [1.54, 1.807) is 0 Å². The Bertz CT molecular complexity index is 166. The first-order chi connectivity index (χ1) is 5.45. The Morgan fingerprint density at radius 1 is 0.750 bits per heavy atom. The van der Waals surface area contributed by atoms with E-state index in [9.17, 15) is 0 Å². The van der Waals surface area contributed by atoms with Crippen molar-refractivity contribution < 1.29 is 0 Å². The zero-order chi connectivity index (χ0) is 8.98. The molecule has 0 atom stereocenters. The van der Waals surface area contributed by atoms with Gasteiger partial charge in [-0.25, -0.2) is 0 Å². The van der Waals surface area contributed by atoms with Gasteiger partial charge in [0.1, 0.15) is 0 Å². The minimum atomic E-state index is 0.538. The highest BCUT2D eigenvalue weighted by Crippen LogP contribution is 2.50. The predicted molar refractivity (Wildman–Crippen MR) is 51.2 cm³/mol. The summed E-state index contributed by atoms with van der Waals surface area (Å²) in [7, 11) is 4.49. The number of hydrogen-bond acceptors (Lipinski definition) is 2. The van der Waals surface area contributed by atoms with Crippen LogP contribution in [0.2, 0.25) is 0 Å². The van der Waals surface area contributed by atoms with Gasteiger partial charge in [-0.05, 0) is 14.1 Å². The van der Waals surface area contributed by atoms with Crippen LogP contribution in [0.1, 0.15) is 13.8 Å². The zero-order valence-corrected chi connectivity index (χ0v) is 8.72. The highest BCUT2D eigenvalue weighted by Gasteiger charge is 2.55. The van der Waals surface area contributed by atoms with Crippen molar-refractivity contribution in [2.75, 3.05) is 40.3 Å². The van der Waals surface area contributed by atoms with Crippen LogP contribution in [0, 0.1) is 10.8 Å². The predicted octanol–water partition coefficient (Wildman–Crippen LogP) is 0.890. The van der Waals surface area contributed by atoms with E-state index >= 15 is 0 Å². The maximum Gasteiger partial charge on any atom is 0.00510 e. The molecule has 0 bridgehead atoms. The molecule has 2 aliphatic rings. The molecule has 0 unspecified atom stereocenters. The van der Waals surface area contributed by atoms with Crippen molar-refractivity contribution >= 4 is 0 Å². The Hall–Kier alpha value is -0.0800. The second kappa shape index (κ2) is 2.24. The summed E-state index contributed by atoms with van der Waals surface area (Å²) in [6, 6.07) is 0. The monoisotopic (exact) mass is 168 g/mol. The van der Waals surface area contributed by atoms with Crippen LogP contribution in [0.5, 0.6) is 0 Å². The number of likely N-dealkylation sites (tertiary alicyclic amines) is 2. The molecule has 0 saturated carbocycles. The van der Waals surface area contributed by atoms with Gasteiger partial charge in [0.15, 0.2) is 0 Å². The minimum Gasteiger partial charge on any atom is -0.305 e. The highest BCUT2D eigenvalue weighted by atomic mass is 15.2. The Balaban J connectivity index is 2.27. The lowest BCUT2D eigenvalue weighted by Gasteiger charge is -2.31. The molecule has 0 amide bonds. The molecule has 2 heterocycles. The minimum absolute atomic E-state index is 0.538. The molecule has 2 nitrogen and oxygen atoms in total. The number of hydrogen-bond donors (Lipinski definition) is 0. The van der Waals surface area contributed by atoms with Crippen molar-refractivity contribution in [2.45, 2.75) is 13.8 Å². The molecule has 2 rings (SSSR count). The first kappa shape index (κ1) is 8.52. The molecule has 0 aromatic rings. The van der Waals surface area contributed by atoms with Crippen LogP contribution in [0.25, 0.3) is 0 Å². The molecule has 12 heavy (non-hydrogen) atoms. The quantitative estimate of drug-likeness (QED) is 0.530. The maximum absolute atomic E-state index is 2.48. The molecule has 2 saturated heterocycles. The van der Waals surface area contributed by atoms with Crippen LogP contribution in [0.4, 0.5) is 0 Å². The largest absolute Gasteiger partial charge is 0.305 e. The first-order valence-electron chi connectivity index (χ1n) is 4.82. The third kappa shape index (κ3) is 0.944. The van der Waals surface area contributed by atoms with Gasteiger partial charge in [0.25, 0.3) is 0 Å². The molecule has 0 aromatic heterocycles. The van der Waals surface area contributed by atoms with Gasteiger partial charge in [0, 0.05) is 37.0 Å². The molecule has 2 fully saturated rings. The molecular weight excluding hydrogens is 148 g/mol. The van der Waals surface area contributed by atoms with Crippen molar-refractivity contribution in [3.8, 4) is 0 Å². The van der Waals surface area contributed by atoms with E-state index in [0.717, 1.165) is 0 Å². The molecule has 0 spiro atoms. The van der Waals surface area contributed by atoms with Gasteiger partial charge in [-0.15, -0.1) is 0 Å². The van der Waals surface area contributed by atoms with Crippen LogP contribution in [-0.2, 0) is 0 Å². The van der Waals surface area contributed by atoms with E-state index in [4.69, 9.17) is 0 Å². The van der Waals surface area contributed by atoms with Gasteiger partial charge >= 0.3 is 0 Å². The first-order valence-corrected chi connectivity index (χ1v) is 4.82. The summed E-state index contributed by atoms with van der Waals surface area (Å²) >= 11 is 0. The number of rotatable bonds is 0. The van der Waals surface area contributed by atoms with Gasteiger partial charge in [0.2, 0.25) is 0 Å². The van der Waals surface area contributed by atoms with Gasteiger partial charge < -0.3 is 9.80 Å². The van der Waals surface area contributed by atoms with Crippen LogP contribution in [0.15, 0.2) is 0 Å². The standard InChI is InChI=1S/C10H20N2/c1-9-5-11(3)7-10(9,2)8-12(4)6-9/h5-8H2,1-4H3/t9-,10+. The average Bonchev–Trinajstić information content (AvgIpc) is 2.09. The molecule has 2 aliphatic heterocycles. The van der Waals surface area contributed by atoms with Gasteiger partial charge in [-0.2, -0.15) is 0 Å². The summed E-state index contributed by atoms with van der Waals surface area (Å²) in [4.78, 5) is 4.96. The summed E-state index contributed by atoms with van der Waals surface area (Å²) in [5.74, 6) is 0. The van der Waals surface area contributed by atoms with Crippen LogP contribution < -0.4 is 0 Å². The average molecular weight is 168 g/mol. The van der Waals surface area contributed by atoms with Gasteiger partial charge in [-0.3, -0.25) is 0 Å². The Kier molecular flexibility index (Phi) is 1.59. The van der Waals surface area contributed by atoms with E-state index in [2.05, 4.69) is 37.7 Å². The van der Waals surface area contributed by atoms with Gasteiger partial charge in [-0.1, -0.05) is 13.8 Å². The van der Waals surface area contributed by atoms with Crippen LogP contribution in [0.3, 0.4) is 0 Å². The Morgan fingerprint density at radius 3 is 1.25 bits per heavy atom. The van der Waals surface area contributed by atoms with E-state index < -0.39 is 0 Å². The molecule has 0 radical (unpaired) electrons. The molecule has 0 N–H and O–H groups in total. The van der Waals surface area contributed by atoms with Crippen molar-refractivity contribution in [1.82, 2.24) is 9.80 Å². The molecule has 0 aromatic carbocycles. The Morgan fingerprint density at radius 2 is 1.00 bits per heavy atom. The van der Waals surface area contributed by atoms with Crippen molar-refractivity contribution in [2.24, 2.45) is 10.8 Å².